The summed E-state index contributed by atoms with van der Waals surface area (Å²) in [4.78, 5) is 35.6. The van der Waals surface area contributed by atoms with Crippen LogP contribution in [0.4, 0.5) is 0 Å². The fourth-order valence-electron chi connectivity index (χ4n) is 5.04. The summed E-state index contributed by atoms with van der Waals surface area (Å²) in [5, 5.41) is 0.622. The molecule has 1 aliphatic heterocycles. The van der Waals surface area contributed by atoms with E-state index >= 15 is 0 Å². The molecular weight excluding hydrogens is 464 g/mol. The maximum absolute atomic E-state index is 13.6. The smallest absolute Gasteiger partial charge is 0.261 e. The summed E-state index contributed by atoms with van der Waals surface area (Å²) in [5.41, 5.74) is 1.73. The highest BCUT2D eigenvalue weighted by Gasteiger charge is 2.32. The van der Waals surface area contributed by atoms with Crippen molar-refractivity contribution in [2.45, 2.75) is 32.5 Å². The van der Waals surface area contributed by atoms with Crippen molar-refractivity contribution in [3.05, 3.63) is 107 Å². The number of amides is 1. The zero-order valence-corrected chi connectivity index (χ0v) is 21.3. The van der Waals surface area contributed by atoms with Crippen LogP contribution in [0.2, 0.25) is 0 Å². The molecule has 0 radical (unpaired) electrons. The van der Waals surface area contributed by atoms with Gasteiger partial charge in [0.05, 0.1) is 23.5 Å². The maximum Gasteiger partial charge on any atom is 0.261 e. The van der Waals surface area contributed by atoms with Gasteiger partial charge < -0.3 is 9.64 Å². The number of nitrogens with zero attached hydrogens (tertiary/aromatic N) is 4. The lowest BCUT2D eigenvalue weighted by atomic mass is 10.1. The van der Waals surface area contributed by atoms with Gasteiger partial charge in [0.25, 0.3) is 11.5 Å². The molecule has 2 heterocycles. The fraction of sp³-hybridized carbons (Fsp3) is 0.300. The van der Waals surface area contributed by atoms with E-state index in [0.29, 0.717) is 42.8 Å². The third-order valence-electron chi connectivity index (χ3n) is 7.08. The highest BCUT2D eigenvalue weighted by atomic mass is 16.5. The van der Waals surface area contributed by atoms with Crippen molar-refractivity contribution in [3.8, 4) is 5.75 Å². The lowest BCUT2D eigenvalue weighted by molar-refractivity contribution is -0.138. The Kier molecular flexibility index (Phi) is 7.32. The van der Waals surface area contributed by atoms with E-state index in [0.717, 1.165) is 11.4 Å². The van der Waals surface area contributed by atoms with Crippen LogP contribution in [-0.2, 0) is 11.3 Å². The number of carbonyl (C=O) groups is 1. The van der Waals surface area contributed by atoms with Gasteiger partial charge in [-0.1, -0.05) is 60.7 Å². The van der Waals surface area contributed by atoms with Crippen LogP contribution in [0.25, 0.3) is 10.9 Å². The van der Waals surface area contributed by atoms with Crippen molar-refractivity contribution in [2.24, 2.45) is 0 Å². The number of rotatable bonds is 7. The van der Waals surface area contributed by atoms with Gasteiger partial charge >= 0.3 is 0 Å². The van der Waals surface area contributed by atoms with Crippen molar-refractivity contribution in [3.63, 3.8) is 0 Å². The second-order valence-corrected chi connectivity index (χ2v) is 9.57. The predicted molar refractivity (Wildman–Crippen MR) is 145 cm³/mol. The average Bonchev–Trinajstić information content (AvgIpc) is 2.94. The molecule has 2 unspecified atom stereocenters. The zero-order valence-electron chi connectivity index (χ0n) is 21.3. The van der Waals surface area contributed by atoms with Crippen molar-refractivity contribution in [2.75, 3.05) is 26.2 Å². The van der Waals surface area contributed by atoms with Crippen molar-refractivity contribution >= 4 is 16.8 Å². The number of carbonyl (C=O) groups excluding carboxylic acids is 1. The summed E-state index contributed by atoms with van der Waals surface area (Å²) in [5.74, 6) is 1.41. The van der Waals surface area contributed by atoms with Crippen molar-refractivity contribution in [1.82, 2.24) is 19.4 Å². The molecule has 0 aliphatic carbocycles. The Hall–Kier alpha value is -3.97. The second kappa shape index (κ2) is 11.0. The Morgan fingerprint density at radius 1 is 0.973 bits per heavy atom. The third-order valence-corrected chi connectivity index (χ3v) is 7.08. The average molecular weight is 497 g/mol. The summed E-state index contributed by atoms with van der Waals surface area (Å²) in [6, 6.07) is 26.8. The molecule has 0 bridgehead atoms. The van der Waals surface area contributed by atoms with Crippen LogP contribution in [0.3, 0.4) is 0 Å². The molecule has 3 aromatic carbocycles. The quantitative estimate of drug-likeness (QED) is 0.385. The molecule has 5 rings (SSSR count). The minimum absolute atomic E-state index is 0.0119. The van der Waals surface area contributed by atoms with Crippen LogP contribution in [0.1, 0.15) is 31.3 Å². The molecule has 7 heteroatoms. The first-order valence-electron chi connectivity index (χ1n) is 12.8. The second-order valence-electron chi connectivity index (χ2n) is 9.57. The lowest BCUT2D eigenvalue weighted by Crippen LogP contribution is -2.55. The SMILES string of the molecule is CC(c1nc2ccccc2c(=O)n1Cc1ccccc1)N1CCN(C(=O)COc2ccccc2)C(C)C1. The van der Waals surface area contributed by atoms with Gasteiger partial charge in [-0.3, -0.25) is 19.1 Å². The molecule has 7 nitrogen and oxygen atoms in total. The van der Waals surface area contributed by atoms with E-state index in [1.165, 1.54) is 0 Å². The summed E-state index contributed by atoms with van der Waals surface area (Å²) >= 11 is 0. The first kappa shape index (κ1) is 24.7. The summed E-state index contributed by atoms with van der Waals surface area (Å²) in [6.07, 6.45) is 0. The van der Waals surface area contributed by atoms with E-state index in [-0.39, 0.29) is 30.2 Å². The lowest BCUT2D eigenvalue weighted by Gasteiger charge is -2.42. The number of benzene rings is 3. The van der Waals surface area contributed by atoms with E-state index in [9.17, 15) is 9.59 Å². The number of piperazine rings is 1. The first-order chi connectivity index (χ1) is 18.0. The van der Waals surface area contributed by atoms with E-state index < -0.39 is 0 Å². The topological polar surface area (TPSA) is 67.7 Å². The highest BCUT2D eigenvalue weighted by molar-refractivity contribution is 5.78. The summed E-state index contributed by atoms with van der Waals surface area (Å²) in [6.45, 7) is 6.61. The van der Waals surface area contributed by atoms with E-state index in [4.69, 9.17) is 9.72 Å². The molecule has 2 atom stereocenters. The zero-order chi connectivity index (χ0) is 25.8. The van der Waals surface area contributed by atoms with Gasteiger partial charge in [-0.15, -0.1) is 0 Å². The summed E-state index contributed by atoms with van der Waals surface area (Å²) < 4.78 is 7.49. The van der Waals surface area contributed by atoms with E-state index in [1.54, 1.807) is 4.57 Å². The number of hydrogen-bond acceptors (Lipinski definition) is 5. The molecule has 1 amide bonds. The molecule has 1 aromatic heterocycles. The number of para-hydroxylation sites is 2. The van der Waals surface area contributed by atoms with Gasteiger partial charge in [0.15, 0.2) is 6.61 Å². The van der Waals surface area contributed by atoms with Gasteiger partial charge in [0.1, 0.15) is 11.6 Å². The van der Waals surface area contributed by atoms with Crippen LogP contribution in [0.5, 0.6) is 5.75 Å². The molecule has 37 heavy (non-hydrogen) atoms. The fourth-order valence-corrected chi connectivity index (χ4v) is 5.04. The maximum atomic E-state index is 13.6. The molecule has 0 spiro atoms. The molecule has 0 N–H and O–H groups in total. The highest BCUT2D eigenvalue weighted by Crippen LogP contribution is 2.24. The van der Waals surface area contributed by atoms with Crippen LogP contribution >= 0.6 is 0 Å². The van der Waals surface area contributed by atoms with Crippen molar-refractivity contribution < 1.29 is 9.53 Å². The largest absolute Gasteiger partial charge is 0.484 e. The van der Waals surface area contributed by atoms with Crippen LogP contribution in [-0.4, -0.2) is 57.5 Å². The van der Waals surface area contributed by atoms with Gasteiger partial charge in [0.2, 0.25) is 0 Å². The molecule has 4 aromatic rings. The van der Waals surface area contributed by atoms with Crippen LogP contribution < -0.4 is 10.3 Å². The Balaban J connectivity index is 1.35. The monoisotopic (exact) mass is 496 g/mol. The molecular formula is C30H32N4O3. The first-order valence-corrected chi connectivity index (χ1v) is 12.8. The Labute approximate surface area is 216 Å². The Morgan fingerprint density at radius 2 is 1.65 bits per heavy atom. The number of hydrogen-bond donors (Lipinski definition) is 0. The van der Waals surface area contributed by atoms with E-state index in [1.807, 2.05) is 89.8 Å². The Bertz CT molecular complexity index is 1420. The number of ether oxygens (including phenoxy) is 1. The molecule has 0 saturated carbocycles. The minimum atomic E-state index is -0.0960. The predicted octanol–water partition coefficient (Wildman–Crippen LogP) is 4.12. The standard InChI is InChI=1S/C30H32N4O3/c1-22-19-32(17-18-33(22)28(35)21-37-25-13-7-4-8-14-25)23(2)29-31-27-16-10-9-15-26(27)30(36)34(29)20-24-11-5-3-6-12-24/h3-16,22-23H,17-21H2,1-2H3. The minimum Gasteiger partial charge on any atom is -0.484 e. The molecule has 1 aliphatic rings. The van der Waals surface area contributed by atoms with Gasteiger partial charge in [-0.25, -0.2) is 4.98 Å². The normalized spacial score (nSPS) is 17.0. The van der Waals surface area contributed by atoms with Gasteiger partial charge in [0, 0.05) is 25.7 Å². The molecule has 1 saturated heterocycles. The Morgan fingerprint density at radius 3 is 2.38 bits per heavy atom. The van der Waals surface area contributed by atoms with Gasteiger partial charge in [-0.2, -0.15) is 0 Å². The third kappa shape index (κ3) is 5.42. The van der Waals surface area contributed by atoms with Crippen LogP contribution in [0.15, 0.2) is 89.7 Å². The molecule has 1 fully saturated rings. The summed E-state index contributed by atoms with van der Waals surface area (Å²) in [7, 11) is 0. The molecule has 190 valence electrons. The van der Waals surface area contributed by atoms with Crippen LogP contribution in [0, 0.1) is 0 Å². The number of fused-ring (bicyclic) bond motifs is 1. The van der Waals surface area contributed by atoms with Gasteiger partial charge in [-0.05, 0) is 43.7 Å². The number of aromatic nitrogens is 2. The van der Waals surface area contributed by atoms with E-state index in [2.05, 4.69) is 18.7 Å². The van der Waals surface area contributed by atoms with Crippen molar-refractivity contribution in [1.29, 1.82) is 0 Å².